The summed E-state index contributed by atoms with van der Waals surface area (Å²) in [6.45, 7) is 2.55. The Bertz CT molecular complexity index is 642. The second-order valence-corrected chi connectivity index (χ2v) is 4.25. The molecule has 0 atom stereocenters. The Morgan fingerprint density at radius 2 is 2.20 bits per heavy atom. The Morgan fingerprint density at radius 1 is 1.45 bits per heavy atom. The molecular formula is C12H12F2N4O2. The third-order valence-electron chi connectivity index (χ3n) is 2.63. The van der Waals surface area contributed by atoms with Gasteiger partial charge in [0, 0.05) is 24.9 Å². The van der Waals surface area contributed by atoms with Crippen molar-refractivity contribution in [3.63, 3.8) is 0 Å². The number of benzene rings is 1. The molecule has 1 aromatic carbocycles. The Labute approximate surface area is 113 Å². The lowest BCUT2D eigenvalue weighted by Gasteiger charge is -2.08. The summed E-state index contributed by atoms with van der Waals surface area (Å²) in [5.74, 6) is -2.07. The molecule has 2 rings (SSSR count). The van der Waals surface area contributed by atoms with E-state index in [0.29, 0.717) is 12.6 Å². The van der Waals surface area contributed by atoms with Crippen molar-refractivity contribution in [2.24, 2.45) is 0 Å². The zero-order valence-corrected chi connectivity index (χ0v) is 10.6. The van der Waals surface area contributed by atoms with Crippen LogP contribution < -0.4 is 5.32 Å². The molecule has 1 aromatic heterocycles. The lowest BCUT2D eigenvalue weighted by atomic mass is 10.2. The molecule has 0 saturated heterocycles. The lowest BCUT2D eigenvalue weighted by molar-refractivity contribution is -0.386. The third-order valence-corrected chi connectivity index (χ3v) is 2.63. The van der Waals surface area contributed by atoms with E-state index in [0.717, 1.165) is 11.6 Å². The van der Waals surface area contributed by atoms with Crippen LogP contribution in [0, 0.1) is 28.7 Å². The van der Waals surface area contributed by atoms with Gasteiger partial charge in [-0.15, -0.1) is 0 Å². The van der Waals surface area contributed by atoms with Crippen LogP contribution in [0.5, 0.6) is 0 Å². The number of nitrogens with zero attached hydrogens (tertiary/aromatic N) is 3. The van der Waals surface area contributed by atoms with E-state index < -0.39 is 22.2 Å². The summed E-state index contributed by atoms with van der Waals surface area (Å²) in [4.78, 5) is 9.90. The molecule has 6 nitrogen and oxygen atoms in total. The van der Waals surface area contributed by atoms with Crippen LogP contribution in [0.2, 0.25) is 0 Å². The maximum atomic E-state index is 13.4. The van der Waals surface area contributed by atoms with Gasteiger partial charge in [-0.2, -0.15) is 9.49 Å². The van der Waals surface area contributed by atoms with E-state index in [9.17, 15) is 18.9 Å². The molecule has 1 N–H and O–H groups in total. The zero-order valence-electron chi connectivity index (χ0n) is 10.6. The molecule has 0 unspecified atom stereocenters. The van der Waals surface area contributed by atoms with Crippen molar-refractivity contribution in [3.8, 4) is 0 Å². The maximum absolute atomic E-state index is 13.4. The van der Waals surface area contributed by atoms with Crippen molar-refractivity contribution < 1.29 is 13.7 Å². The fraction of sp³-hybridized carbons (Fsp3) is 0.250. The van der Waals surface area contributed by atoms with E-state index >= 15 is 0 Å². The molecule has 20 heavy (non-hydrogen) atoms. The number of halogens is 2. The van der Waals surface area contributed by atoms with Gasteiger partial charge in [0.05, 0.1) is 17.7 Å². The average molecular weight is 282 g/mol. The number of hydrogen-bond acceptors (Lipinski definition) is 4. The highest BCUT2D eigenvalue weighted by Crippen LogP contribution is 2.28. The molecule has 2 aromatic rings. The van der Waals surface area contributed by atoms with Gasteiger partial charge in [0.15, 0.2) is 0 Å². The standard InChI is InChI=1S/C12H12F2N4O2/c1-8-6-16-17(7-8)3-2-15-11-5-9(13)4-10(14)12(11)18(19)20/h4-7,15H,2-3H2,1H3. The first-order chi connectivity index (χ1) is 9.47. The van der Waals surface area contributed by atoms with Crippen molar-refractivity contribution in [1.29, 1.82) is 0 Å². The number of nitrogens with one attached hydrogen (secondary N) is 1. The summed E-state index contributed by atoms with van der Waals surface area (Å²) < 4.78 is 28.1. The molecule has 0 spiro atoms. The van der Waals surface area contributed by atoms with Gasteiger partial charge in [-0.1, -0.05) is 0 Å². The summed E-state index contributed by atoms with van der Waals surface area (Å²) in [5, 5.41) is 17.5. The number of rotatable bonds is 5. The zero-order chi connectivity index (χ0) is 14.7. The molecule has 0 amide bonds. The van der Waals surface area contributed by atoms with Gasteiger partial charge >= 0.3 is 5.69 Å². The summed E-state index contributed by atoms with van der Waals surface area (Å²) in [5.41, 5.74) is 0.0344. The minimum absolute atomic E-state index is 0.184. The van der Waals surface area contributed by atoms with Crippen LogP contribution in [-0.4, -0.2) is 21.2 Å². The van der Waals surface area contributed by atoms with Crippen molar-refractivity contribution in [2.75, 3.05) is 11.9 Å². The van der Waals surface area contributed by atoms with Crippen LogP contribution in [0.1, 0.15) is 5.56 Å². The number of aromatic nitrogens is 2. The summed E-state index contributed by atoms with van der Waals surface area (Å²) in [6, 6.07) is 1.38. The van der Waals surface area contributed by atoms with E-state index in [1.807, 2.05) is 6.92 Å². The van der Waals surface area contributed by atoms with Gasteiger partial charge in [0.2, 0.25) is 5.82 Å². The van der Waals surface area contributed by atoms with Gasteiger partial charge in [-0.25, -0.2) is 4.39 Å². The predicted molar refractivity (Wildman–Crippen MR) is 68.5 cm³/mol. The minimum atomic E-state index is -1.20. The Kier molecular flexibility index (Phi) is 3.92. The average Bonchev–Trinajstić information content (AvgIpc) is 2.73. The van der Waals surface area contributed by atoms with Crippen molar-refractivity contribution in [3.05, 3.63) is 51.8 Å². The van der Waals surface area contributed by atoms with Crippen LogP contribution in [0.15, 0.2) is 24.5 Å². The van der Waals surface area contributed by atoms with E-state index in [-0.39, 0.29) is 12.2 Å². The van der Waals surface area contributed by atoms with E-state index in [1.54, 1.807) is 17.1 Å². The monoisotopic (exact) mass is 282 g/mol. The van der Waals surface area contributed by atoms with Crippen LogP contribution in [-0.2, 0) is 6.54 Å². The van der Waals surface area contributed by atoms with Crippen LogP contribution >= 0.6 is 0 Å². The van der Waals surface area contributed by atoms with Gasteiger partial charge in [-0.3, -0.25) is 14.8 Å². The highest BCUT2D eigenvalue weighted by molar-refractivity contribution is 5.62. The lowest BCUT2D eigenvalue weighted by Crippen LogP contribution is -2.12. The second-order valence-electron chi connectivity index (χ2n) is 4.25. The predicted octanol–water partition coefficient (Wildman–Crippen LogP) is 2.49. The number of nitro benzene ring substituents is 1. The molecule has 0 saturated carbocycles. The van der Waals surface area contributed by atoms with Crippen LogP contribution in [0.3, 0.4) is 0 Å². The Morgan fingerprint density at radius 3 is 2.80 bits per heavy atom. The third kappa shape index (κ3) is 3.08. The van der Waals surface area contributed by atoms with Gasteiger partial charge in [-0.05, 0) is 12.5 Å². The van der Waals surface area contributed by atoms with Gasteiger partial charge in [0.1, 0.15) is 11.5 Å². The highest BCUT2D eigenvalue weighted by atomic mass is 19.1. The number of hydrogen-bond donors (Lipinski definition) is 1. The molecule has 0 aliphatic carbocycles. The SMILES string of the molecule is Cc1cnn(CCNc2cc(F)cc(F)c2[N+](=O)[O-])c1. The Balaban J connectivity index is 2.10. The van der Waals surface area contributed by atoms with E-state index in [2.05, 4.69) is 10.4 Å². The highest BCUT2D eigenvalue weighted by Gasteiger charge is 2.21. The topological polar surface area (TPSA) is 73.0 Å². The van der Waals surface area contributed by atoms with E-state index in [4.69, 9.17) is 0 Å². The normalized spacial score (nSPS) is 10.6. The fourth-order valence-electron chi connectivity index (χ4n) is 1.78. The summed E-state index contributed by atoms with van der Waals surface area (Å²) >= 11 is 0. The summed E-state index contributed by atoms with van der Waals surface area (Å²) in [7, 11) is 0. The van der Waals surface area contributed by atoms with Crippen molar-refractivity contribution >= 4 is 11.4 Å². The van der Waals surface area contributed by atoms with Gasteiger partial charge < -0.3 is 5.32 Å². The van der Waals surface area contributed by atoms with Crippen LogP contribution in [0.25, 0.3) is 0 Å². The first-order valence-electron chi connectivity index (χ1n) is 5.83. The first-order valence-corrected chi connectivity index (χ1v) is 5.83. The molecule has 0 fully saturated rings. The number of aryl methyl sites for hydroxylation is 1. The fourth-order valence-corrected chi connectivity index (χ4v) is 1.78. The van der Waals surface area contributed by atoms with Crippen molar-refractivity contribution in [1.82, 2.24) is 9.78 Å². The number of anilines is 1. The molecule has 1 heterocycles. The first kappa shape index (κ1) is 13.9. The van der Waals surface area contributed by atoms with Crippen LogP contribution in [0.4, 0.5) is 20.2 Å². The molecule has 0 bridgehead atoms. The molecule has 0 aliphatic rings. The number of nitro groups is 1. The smallest absolute Gasteiger partial charge is 0.327 e. The van der Waals surface area contributed by atoms with E-state index in [1.165, 1.54) is 0 Å². The largest absolute Gasteiger partial charge is 0.377 e. The Hall–Kier alpha value is -2.51. The molecule has 0 aliphatic heterocycles. The maximum Gasteiger partial charge on any atom is 0.327 e. The minimum Gasteiger partial charge on any atom is -0.377 e. The molecule has 8 heteroatoms. The quantitative estimate of drug-likeness (QED) is 0.675. The molecule has 106 valence electrons. The molecular weight excluding hydrogens is 270 g/mol. The van der Waals surface area contributed by atoms with Gasteiger partial charge in [0.25, 0.3) is 0 Å². The van der Waals surface area contributed by atoms with Crippen molar-refractivity contribution in [2.45, 2.75) is 13.5 Å². The molecule has 0 radical (unpaired) electrons. The summed E-state index contributed by atoms with van der Waals surface area (Å²) in [6.07, 6.45) is 3.46. The second kappa shape index (κ2) is 5.64.